The van der Waals surface area contributed by atoms with Gasteiger partial charge in [-0.05, 0) is 37.6 Å². The first kappa shape index (κ1) is 14.5. The lowest BCUT2D eigenvalue weighted by molar-refractivity contribution is 0.346. The fourth-order valence-electron chi connectivity index (χ4n) is 4.24. The first-order valence-corrected chi connectivity index (χ1v) is 7.72. The molecule has 0 bridgehead atoms. The minimum Gasteiger partial charge on any atom is -0.496 e. The lowest BCUT2D eigenvalue weighted by atomic mass is 9.95. The van der Waals surface area contributed by atoms with Gasteiger partial charge in [0.25, 0.3) is 0 Å². The first-order chi connectivity index (χ1) is 10.2. The van der Waals surface area contributed by atoms with Crippen LogP contribution in [0.1, 0.15) is 30.9 Å². The summed E-state index contributed by atoms with van der Waals surface area (Å²) in [5.41, 5.74) is 1.13. The molecule has 2 saturated carbocycles. The molecule has 1 N–H and O–H groups in total. The maximum Gasteiger partial charge on any atom is 0.131 e. The van der Waals surface area contributed by atoms with Gasteiger partial charge in [0, 0.05) is 18.2 Å². The normalized spacial score (nSPS) is 27.9. The van der Waals surface area contributed by atoms with Crippen molar-refractivity contribution in [2.75, 3.05) is 28.4 Å². The molecule has 3 rings (SSSR count). The molecule has 0 saturated heterocycles. The van der Waals surface area contributed by atoms with Crippen molar-refractivity contribution < 1.29 is 14.2 Å². The minimum absolute atomic E-state index is 0.288. The number of methoxy groups -OCH3 is 3. The molecule has 4 heteroatoms. The van der Waals surface area contributed by atoms with Crippen molar-refractivity contribution in [2.24, 2.45) is 17.8 Å². The number of hydrogen-bond acceptors (Lipinski definition) is 4. The SMILES string of the molecule is CNC(c1c(OC)cc(OC)cc1OC)C1C2CCCC21. The van der Waals surface area contributed by atoms with Gasteiger partial charge in [-0.3, -0.25) is 0 Å². The van der Waals surface area contributed by atoms with Crippen LogP contribution >= 0.6 is 0 Å². The summed E-state index contributed by atoms with van der Waals surface area (Å²) in [6.45, 7) is 0. The summed E-state index contributed by atoms with van der Waals surface area (Å²) < 4.78 is 16.6. The Kier molecular flexibility index (Phi) is 3.98. The molecule has 0 radical (unpaired) electrons. The summed E-state index contributed by atoms with van der Waals surface area (Å²) in [7, 11) is 7.10. The van der Waals surface area contributed by atoms with Crippen LogP contribution in [-0.2, 0) is 0 Å². The van der Waals surface area contributed by atoms with E-state index in [9.17, 15) is 0 Å². The van der Waals surface area contributed by atoms with E-state index in [1.165, 1.54) is 19.3 Å². The summed E-state index contributed by atoms with van der Waals surface area (Å²) >= 11 is 0. The molecular formula is C17H25NO3. The van der Waals surface area contributed by atoms with E-state index >= 15 is 0 Å². The molecule has 1 aromatic carbocycles. The van der Waals surface area contributed by atoms with Gasteiger partial charge in [-0.15, -0.1) is 0 Å². The third-order valence-electron chi connectivity index (χ3n) is 5.23. The van der Waals surface area contributed by atoms with Gasteiger partial charge >= 0.3 is 0 Å². The van der Waals surface area contributed by atoms with Crippen LogP contribution in [0.3, 0.4) is 0 Å². The van der Waals surface area contributed by atoms with Gasteiger partial charge in [0.15, 0.2) is 0 Å². The molecule has 0 aromatic heterocycles. The molecule has 0 spiro atoms. The third kappa shape index (κ3) is 2.35. The molecule has 0 heterocycles. The van der Waals surface area contributed by atoms with E-state index in [1.807, 2.05) is 19.2 Å². The number of fused-ring (bicyclic) bond motifs is 1. The second-order valence-electron chi connectivity index (χ2n) is 6.05. The number of hydrogen-bond donors (Lipinski definition) is 1. The number of ether oxygens (including phenoxy) is 3. The third-order valence-corrected chi connectivity index (χ3v) is 5.23. The van der Waals surface area contributed by atoms with Crippen molar-refractivity contribution in [3.63, 3.8) is 0 Å². The summed E-state index contributed by atoms with van der Waals surface area (Å²) in [5, 5.41) is 3.49. The van der Waals surface area contributed by atoms with Crippen molar-refractivity contribution in [1.29, 1.82) is 0 Å². The van der Waals surface area contributed by atoms with Gasteiger partial charge < -0.3 is 19.5 Å². The Morgan fingerprint density at radius 3 is 2.00 bits per heavy atom. The Morgan fingerprint density at radius 2 is 1.57 bits per heavy atom. The molecular weight excluding hydrogens is 266 g/mol. The molecule has 1 aromatic rings. The Hall–Kier alpha value is -1.42. The predicted octanol–water partition coefficient (Wildman–Crippen LogP) is 3.02. The Balaban J connectivity index is 1.98. The van der Waals surface area contributed by atoms with Crippen LogP contribution in [0.15, 0.2) is 12.1 Å². The highest BCUT2D eigenvalue weighted by Crippen LogP contribution is 2.63. The molecule has 116 valence electrons. The average molecular weight is 291 g/mol. The van der Waals surface area contributed by atoms with Crippen LogP contribution in [-0.4, -0.2) is 28.4 Å². The van der Waals surface area contributed by atoms with Crippen LogP contribution in [0, 0.1) is 17.8 Å². The van der Waals surface area contributed by atoms with Gasteiger partial charge in [-0.1, -0.05) is 6.42 Å². The van der Waals surface area contributed by atoms with E-state index in [4.69, 9.17) is 14.2 Å². The highest BCUT2D eigenvalue weighted by atomic mass is 16.5. The zero-order valence-corrected chi connectivity index (χ0v) is 13.3. The Labute approximate surface area is 126 Å². The molecule has 2 aliphatic carbocycles. The average Bonchev–Trinajstić information content (AvgIpc) is 2.98. The van der Waals surface area contributed by atoms with E-state index in [0.717, 1.165) is 34.6 Å². The summed E-state index contributed by atoms with van der Waals surface area (Å²) in [6.07, 6.45) is 4.13. The summed E-state index contributed by atoms with van der Waals surface area (Å²) in [5.74, 6) is 4.90. The van der Waals surface area contributed by atoms with E-state index in [1.54, 1.807) is 21.3 Å². The molecule has 4 nitrogen and oxygen atoms in total. The van der Waals surface area contributed by atoms with Crippen LogP contribution in [0.4, 0.5) is 0 Å². The van der Waals surface area contributed by atoms with Gasteiger partial charge in [-0.2, -0.15) is 0 Å². The zero-order valence-electron chi connectivity index (χ0n) is 13.3. The van der Waals surface area contributed by atoms with E-state index in [-0.39, 0.29) is 6.04 Å². The Bertz CT molecular complexity index is 482. The lowest BCUT2D eigenvalue weighted by Gasteiger charge is -2.24. The van der Waals surface area contributed by atoms with Crippen LogP contribution < -0.4 is 19.5 Å². The van der Waals surface area contributed by atoms with E-state index < -0.39 is 0 Å². The van der Waals surface area contributed by atoms with E-state index in [2.05, 4.69) is 5.32 Å². The van der Waals surface area contributed by atoms with Gasteiger partial charge in [0.05, 0.1) is 26.9 Å². The van der Waals surface area contributed by atoms with Gasteiger partial charge in [0.1, 0.15) is 17.2 Å². The van der Waals surface area contributed by atoms with Crippen molar-refractivity contribution >= 4 is 0 Å². The van der Waals surface area contributed by atoms with Gasteiger partial charge in [0.2, 0.25) is 0 Å². The highest BCUT2D eigenvalue weighted by Gasteiger charge is 2.56. The standard InChI is InChI=1S/C17H25NO3/c1-18-17(15-11-6-5-7-12(11)15)16-13(20-3)8-10(19-2)9-14(16)21-4/h8-9,11-12,15,17-18H,5-7H2,1-4H3. The van der Waals surface area contributed by atoms with Gasteiger partial charge in [-0.25, -0.2) is 0 Å². The number of nitrogens with one attached hydrogen (secondary N) is 1. The fourth-order valence-corrected chi connectivity index (χ4v) is 4.24. The van der Waals surface area contributed by atoms with E-state index in [0.29, 0.717) is 5.92 Å². The van der Waals surface area contributed by atoms with Crippen molar-refractivity contribution in [3.05, 3.63) is 17.7 Å². The second-order valence-corrected chi connectivity index (χ2v) is 6.05. The Morgan fingerprint density at radius 1 is 1.00 bits per heavy atom. The lowest BCUT2D eigenvalue weighted by Crippen LogP contribution is -2.22. The maximum absolute atomic E-state index is 5.61. The summed E-state index contributed by atoms with van der Waals surface area (Å²) in [4.78, 5) is 0. The van der Waals surface area contributed by atoms with Crippen molar-refractivity contribution in [2.45, 2.75) is 25.3 Å². The smallest absolute Gasteiger partial charge is 0.131 e. The monoisotopic (exact) mass is 291 g/mol. The maximum atomic E-state index is 5.61. The first-order valence-electron chi connectivity index (χ1n) is 7.72. The molecule has 2 aliphatic rings. The summed E-state index contributed by atoms with van der Waals surface area (Å²) in [6, 6.07) is 4.18. The molecule has 21 heavy (non-hydrogen) atoms. The topological polar surface area (TPSA) is 39.7 Å². The predicted molar refractivity (Wildman–Crippen MR) is 82.2 cm³/mol. The van der Waals surface area contributed by atoms with Crippen molar-refractivity contribution in [1.82, 2.24) is 5.32 Å². The largest absolute Gasteiger partial charge is 0.496 e. The van der Waals surface area contributed by atoms with Crippen LogP contribution in [0.5, 0.6) is 17.2 Å². The highest BCUT2D eigenvalue weighted by molar-refractivity contribution is 5.53. The molecule has 0 aliphatic heterocycles. The minimum atomic E-state index is 0.288. The fraction of sp³-hybridized carbons (Fsp3) is 0.647. The van der Waals surface area contributed by atoms with Crippen molar-refractivity contribution in [3.8, 4) is 17.2 Å². The zero-order chi connectivity index (χ0) is 15.0. The second kappa shape index (κ2) is 5.76. The van der Waals surface area contributed by atoms with Crippen LogP contribution in [0.25, 0.3) is 0 Å². The molecule has 0 amide bonds. The van der Waals surface area contributed by atoms with Crippen LogP contribution in [0.2, 0.25) is 0 Å². The number of benzene rings is 1. The molecule has 3 unspecified atom stereocenters. The number of rotatable bonds is 6. The molecule has 3 atom stereocenters. The quantitative estimate of drug-likeness (QED) is 0.874. The molecule has 2 fully saturated rings.